The van der Waals surface area contributed by atoms with Gasteiger partial charge in [-0.05, 0) is 38.0 Å². The summed E-state index contributed by atoms with van der Waals surface area (Å²) in [4.78, 5) is 38.8. The molecule has 3 rings (SSSR count). The van der Waals surface area contributed by atoms with Crippen molar-refractivity contribution in [2.24, 2.45) is 11.8 Å². The number of benzene rings is 1. The Morgan fingerprint density at radius 1 is 1.24 bits per heavy atom. The third kappa shape index (κ3) is 3.14. The smallest absolute Gasteiger partial charge is 0.247 e. The number of carbonyl (C=O) groups is 3. The lowest BCUT2D eigenvalue weighted by molar-refractivity contribution is -0.146. The summed E-state index contributed by atoms with van der Waals surface area (Å²) in [6, 6.07) is 3.93. The Morgan fingerprint density at radius 2 is 1.84 bits per heavy atom. The van der Waals surface area contributed by atoms with Gasteiger partial charge in [-0.25, -0.2) is 0 Å². The Morgan fingerprint density at radius 3 is 2.40 bits per heavy atom. The minimum Gasteiger partial charge on any atom is -0.495 e. The van der Waals surface area contributed by atoms with E-state index in [1.807, 2.05) is 12.2 Å². The number of likely N-dealkylation sites (tertiary alicyclic amines) is 1. The summed E-state index contributed by atoms with van der Waals surface area (Å²) in [7, 11) is 1.48. The molecule has 6 nitrogen and oxygen atoms in total. The minimum atomic E-state index is -0.908. The van der Waals surface area contributed by atoms with Crippen LogP contribution in [0.15, 0.2) is 30.4 Å². The molecule has 0 unspecified atom stereocenters. The summed E-state index contributed by atoms with van der Waals surface area (Å²) in [6.07, 6.45) is 4.92. The Kier molecular flexibility index (Phi) is 4.81. The predicted molar refractivity (Wildman–Crippen MR) is 93.3 cm³/mol. The minimum absolute atomic E-state index is 0.278. The van der Waals surface area contributed by atoms with E-state index in [0.29, 0.717) is 29.3 Å². The number of anilines is 1. The zero-order valence-corrected chi connectivity index (χ0v) is 14.7. The molecule has 3 atom stereocenters. The van der Waals surface area contributed by atoms with E-state index in [2.05, 4.69) is 5.32 Å². The second-order valence-electron chi connectivity index (χ2n) is 6.21. The molecule has 0 radical (unpaired) electrons. The highest BCUT2D eigenvalue weighted by atomic mass is 35.5. The highest BCUT2D eigenvalue weighted by Gasteiger charge is 2.50. The Bertz CT molecular complexity index is 735. The number of nitrogens with one attached hydrogen (secondary N) is 1. The summed E-state index contributed by atoms with van der Waals surface area (Å²) in [5, 5.41) is 3.13. The maximum atomic E-state index is 12.6. The lowest BCUT2D eigenvalue weighted by Gasteiger charge is -2.23. The average Bonchev–Trinajstić information content (AvgIpc) is 2.86. The second-order valence-corrected chi connectivity index (χ2v) is 6.65. The predicted octanol–water partition coefficient (Wildman–Crippen LogP) is 2.63. The van der Waals surface area contributed by atoms with Gasteiger partial charge in [0, 0.05) is 5.02 Å². The number of hydrogen-bond donors (Lipinski definition) is 1. The van der Waals surface area contributed by atoms with Crippen molar-refractivity contribution >= 4 is 35.0 Å². The van der Waals surface area contributed by atoms with Crippen LogP contribution < -0.4 is 10.1 Å². The highest BCUT2D eigenvalue weighted by Crippen LogP contribution is 2.36. The van der Waals surface area contributed by atoms with Gasteiger partial charge in [-0.15, -0.1) is 0 Å². The standard InChI is InChI=1S/C18H19ClN2O4/c1-10(16(22)20-14-9-11(19)7-8-15(14)25-2)21-17(23)12-5-3-4-6-13(12)18(21)24/h3-4,7-10,12-13H,5-6H2,1-2H3,(H,20,22)/t10-,12+,13+/m0/s1. The SMILES string of the molecule is COc1ccc(Cl)cc1NC(=O)[C@H](C)N1C(=O)[C@@H]2CC=CC[C@H]2C1=O. The summed E-state index contributed by atoms with van der Waals surface area (Å²) < 4.78 is 5.20. The topological polar surface area (TPSA) is 75.7 Å². The van der Waals surface area contributed by atoms with Crippen molar-refractivity contribution in [2.45, 2.75) is 25.8 Å². The van der Waals surface area contributed by atoms with Gasteiger partial charge < -0.3 is 10.1 Å². The number of nitrogens with zero attached hydrogens (tertiary/aromatic N) is 1. The number of amides is 3. The first-order valence-corrected chi connectivity index (χ1v) is 8.48. The molecule has 0 aromatic heterocycles. The fourth-order valence-electron chi connectivity index (χ4n) is 3.34. The van der Waals surface area contributed by atoms with Crippen LogP contribution in [0, 0.1) is 11.8 Å². The van der Waals surface area contributed by atoms with Crippen LogP contribution in [-0.2, 0) is 14.4 Å². The van der Waals surface area contributed by atoms with Gasteiger partial charge in [-0.3, -0.25) is 19.3 Å². The summed E-state index contributed by atoms with van der Waals surface area (Å²) >= 11 is 5.96. The first kappa shape index (κ1) is 17.5. The monoisotopic (exact) mass is 362 g/mol. The molecule has 0 saturated carbocycles. The Balaban J connectivity index is 1.78. The average molecular weight is 363 g/mol. The van der Waals surface area contributed by atoms with Crippen molar-refractivity contribution < 1.29 is 19.1 Å². The number of methoxy groups -OCH3 is 1. The number of ether oxygens (including phenoxy) is 1. The van der Waals surface area contributed by atoms with Gasteiger partial charge in [-0.2, -0.15) is 0 Å². The molecule has 25 heavy (non-hydrogen) atoms. The van der Waals surface area contributed by atoms with Crippen LogP contribution in [0.5, 0.6) is 5.75 Å². The molecule has 1 N–H and O–H groups in total. The maximum Gasteiger partial charge on any atom is 0.247 e. The number of rotatable bonds is 4. The van der Waals surface area contributed by atoms with E-state index in [1.165, 1.54) is 7.11 Å². The third-order valence-corrected chi connectivity index (χ3v) is 4.96. The highest BCUT2D eigenvalue weighted by molar-refractivity contribution is 6.31. The van der Waals surface area contributed by atoms with Crippen LogP contribution in [0.2, 0.25) is 5.02 Å². The van der Waals surface area contributed by atoms with Crippen molar-refractivity contribution in [2.75, 3.05) is 12.4 Å². The zero-order chi connectivity index (χ0) is 18.1. The molecule has 132 valence electrons. The van der Waals surface area contributed by atoms with Crippen molar-refractivity contribution in [1.82, 2.24) is 4.90 Å². The molecule has 1 saturated heterocycles. The van der Waals surface area contributed by atoms with Gasteiger partial charge in [0.1, 0.15) is 11.8 Å². The van der Waals surface area contributed by atoms with Crippen LogP contribution in [0.1, 0.15) is 19.8 Å². The lowest BCUT2D eigenvalue weighted by Crippen LogP contribution is -2.46. The zero-order valence-electron chi connectivity index (χ0n) is 14.0. The molecular formula is C18H19ClN2O4. The van der Waals surface area contributed by atoms with Gasteiger partial charge in [0.15, 0.2) is 0 Å². The number of allylic oxidation sites excluding steroid dienone is 2. The van der Waals surface area contributed by atoms with Crippen molar-refractivity contribution in [3.63, 3.8) is 0 Å². The molecule has 1 aromatic carbocycles. The fourth-order valence-corrected chi connectivity index (χ4v) is 3.51. The fraction of sp³-hybridized carbons (Fsp3) is 0.389. The summed E-state index contributed by atoms with van der Waals surface area (Å²) in [5.41, 5.74) is 0.394. The van der Waals surface area contributed by atoms with E-state index < -0.39 is 11.9 Å². The number of hydrogen-bond acceptors (Lipinski definition) is 4. The number of carbonyl (C=O) groups excluding carboxylic acids is 3. The molecule has 1 aliphatic carbocycles. The van der Waals surface area contributed by atoms with E-state index in [-0.39, 0.29) is 23.7 Å². The largest absolute Gasteiger partial charge is 0.495 e. The molecule has 7 heteroatoms. The van der Waals surface area contributed by atoms with Crippen LogP contribution in [0.3, 0.4) is 0 Å². The molecule has 1 heterocycles. The number of fused-ring (bicyclic) bond motifs is 1. The number of imide groups is 1. The molecule has 2 aliphatic rings. The lowest BCUT2D eigenvalue weighted by atomic mass is 9.85. The maximum absolute atomic E-state index is 12.6. The normalized spacial score (nSPS) is 23.4. The molecule has 1 aromatic rings. The third-order valence-electron chi connectivity index (χ3n) is 4.73. The van der Waals surface area contributed by atoms with Gasteiger partial charge in [0.05, 0.1) is 24.6 Å². The van der Waals surface area contributed by atoms with E-state index >= 15 is 0 Å². The second kappa shape index (κ2) is 6.88. The summed E-state index contributed by atoms with van der Waals surface area (Å²) in [6.45, 7) is 1.55. The van der Waals surface area contributed by atoms with Crippen molar-refractivity contribution in [3.8, 4) is 5.75 Å². The van der Waals surface area contributed by atoms with Crippen LogP contribution >= 0.6 is 11.6 Å². The van der Waals surface area contributed by atoms with Crippen LogP contribution in [0.4, 0.5) is 5.69 Å². The van der Waals surface area contributed by atoms with Crippen LogP contribution in [-0.4, -0.2) is 35.8 Å². The van der Waals surface area contributed by atoms with Crippen molar-refractivity contribution in [3.05, 3.63) is 35.4 Å². The molecular weight excluding hydrogens is 344 g/mol. The molecule has 1 aliphatic heterocycles. The van der Waals surface area contributed by atoms with Gasteiger partial charge in [0.2, 0.25) is 17.7 Å². The first-order chi connectivity index (χ1) is 11.9. The Labute approximate surface area is 150 Å². The molecule has 0 bridgehead atoms. The summed E-state index contributed by atoms with van der Waals surface area (Å²) in [5.74, 6) is -1.28. The first-order valence-electron chi connectivity index (χ1n) is 8.10. The molecule has 1 fully saturated rings. The van der Waals surface area contributed by atoms with Gasteiger partial charge in [-0.1, -0.05) is 23.8 Å². The van der Waals surface area contributed by atoms with Gasteiger partial charge >= 0.3 is 0 Å². The molecule has 0 spiro atoms. The molecule has 3 amide bonds. The number of halogens is 1. The Hall–Kier alpha value is -2.34. The van der Waals surface area contributed by atoms with E-state index in [0.717, 1.165) is 4.90 Å². The van der Waals surface area contributed by atoms with Crippen molar-refractivity contribution in [1.29, 1.82) is 0 Å². The van der Waals surface area contributed by atoms with Gasteiger partial charge in [0.25, 0.3) is 0 Å². The quantitative estimate of drug-likeness (QED) is 0.660. The van der Waals surface area contributed by atoms with E-state index in [4.69, 9.17) is 16.3 Å². The van der Waals surface area contributed by atoms with E-state index in [9.17, 15) is 14.4 Å². The van der Waals surface area contributed by atoms with E-state index in [1.54, 1.807) is 25.1 Å². The van der Waals surface area contributed by atoms with Crippen LogP contribution in [0.25, 0.3) is 0 Å².